The minimum atomic E-state index is -0.149. The second-order valence-electron chi connectivity index (χ2n) is 6.67. The summed E-state index contributed by atoms with van der Waals surface area (Å²) in [6.45, 7) is 3.24. The second-order valence-corrected chi connectivity index (χ2v) is 7.05. The molecule has 0 saturated heterocycles. The summed E-state index contributed by atoms with van der Waals surface area (Å²) in [4.78, 5) is 30.6. The fourth-order valence-corrected chi connectivity index (χ4v) is 3.89. The zero-order valence-corrected chi connectivity index (χ0v) is 16.4. The third-order valence-electron chi connectivity index (χ3n) is 5.04. The Morgan fingerprint density at radius 2 is 1.86 bits per heavy atom. The third-order valence-corrected chi connectivity index (χ3v) is 5.25. The molecular weight excluding hydrogens is 378 g/mol. The molecule has 1 aliphatic carbocycles. The molecule has 6 nitrogen and oxygen atoms in total. The molecule has 0 spiro atoms. The van der Waals surface area contributed by atoms with E-state index in [1.54, 1.807) is 43.6 Å². The van der Waals surface area contributed by atoms with Crippen molar-refractivity contribution in [1.29, 1.82) is 0 Å². The SMILES string of the molecule is COCC[n+]1c2c(n(Cc3ccnc(Cl)c3)c1C)C(=O)c1ccccc1C2=O. The molecule has 7 heteroatoms. The van der Waals surface area contributed by atoms with Crippen LogP contribution in [0.25, 0.3) is 0 Å². The minimum absolute atomic E-state index is 0.143. The Morgan fingerprint density at radius 3 is 2.54 bits per heavy atom. The van der Waals surface area contributed by atoms with Crippen molar-refractivity contribution in [2.45, 2.75) is 20.0 Å². The number of pyridine rings is 1. The maximum Gasteiger partial charge on any atom is 0.254 e. The van der Waals surface area contributed by atoms with Gasteiger partial charge in [0.2, 0.25) is 23.0 Å². The highest BCUT2D eigenvalue weighted by Gasteiger charge is 2.42. The van der Waals surface area contributed by atoms with Gasteiger partial charge in [-0.2, -0.15) is 0 Å². The Kier molecular flexibility index (Phi) is 4.83. The van der Waals surface area contributed by atoms with Crippen LogP contribution in [0.5, 0.6) is 0 Å². The Morgan fingerprint density at radius 1 is 1.14 bits per heavy atom. The highest BCUT2D eigenvalue weighted by atomic mass is 35.5. The number of ketones is 2. The van der Waals surface area contributed by atoms with E-state index in [2.05, 4.69) is 4.98 Å². The normalized spacial score (nSPS) is 12.8. The van der Waals surface area contributed by atoms with Crippen molar-refractivity contribution in [3.05, 3.63) is 81.7 Å². The van der Waals surface area contributed by atoms with E-state index in [4.69, 9.17) is 16.3 Å². The summed E-state index contributed by atoms with van der Waals surface area (Å²) in [5.74, 6) is 0.519. The summed E-state index contributed by atoms with van der Waals surface area (Å²) >= 11 is 6.02. The van der Waals surface area contributed by atoms with Gasteiger partial charge in [0, 0.05) is 31.4 Å². The average Bonchev–Trinajstić information content (AvgIpc) is 2.97. The summed E-state index contributed by atoms with van der Waals surface area (Å²) in [6, 6.07) is 10.6. The second kappa shape index (κ2) is 7.30. The minimum Gasteiger partial charge on any atom is -0.381 e. The van der Waals surface area contributed by atoms with Crippen molar-refractivity contribution in [3.8, 4) is 0 Å². The van der Waals surface area contributed by atoms with Gasteiger partial charge < -0.3 is 4.74 Å². The maximum atomic E-state index is 13.3. The van der Waals surface area contributed by atoms with Gasteiger partial charge in [-0.3, -0.25) is 9.59 Å². The predicted molar refractivity (Wildman–Crippen MR) is 103 cm³/mol. The van der Waals surface area contributed by atoms with Crippen molar-refractivity contribution >= 4 is 23.2 Å². The highest BCUT2D eigenvalue weighted by molar-refractivity contribution is 6.29. The molecule has 0 N–H and O–H groups in total. The van der Waals surface area contributed by atoms with Crippen molar-refractivity contribution in [2.75, 3.05) is 13.7 Å². The van der Waals surface area contributed by atoms with Gasteiger partial charge in [0.05, 0.1) is 6.61 Å². The number of imidazole rings is 1. The zero-order valence-electron chi connectivity index (χ0n) is 15.6. The summed E-state index contributed by atoms with van der Waals surface area (Å²) in [5.41, 5.74) is 2.60. The average molecular weight is 397 g/mol. The van der Waals surface area contributed by atoms with E-state index >= 15 is 0 Å². The fraction of sp³-hybridized carbons (Fsp3) is 0.238. The van der Waals surface area contributed by atoms with E-state index in [-0.39, 0.29) is 11.6 Å². The molecule has 1 aromatic carbocycles. The lowest BCUT2D eigenvalue weighted by atomic mass is 9.90. The van der Waals surface area contributed by atoms with Crippen LogP contribution < -0.4 is 4.57 Å². The molecule has 2 heterocycles. The number of fused-ring (bicyclic) bond motifs is 2. The van der Waals surface area contributed by atoms with Crippen LogP contribution in [0.1, 0.15) is 43.5 Å². The van der Waals surface area contributed by atoms with Gasteiger partial charge in [0.15, 0.2) is 0 Å². The number of hydrogen-bond acceptors (Lipinski definition) is 4. The molecule has 1 aliphatic rings. The van der Waals surface area contributed by atoms with Gasteiger partial charge in [0.1, 0.15) is 18.2 Å². The molecule has 0 bridgehead atoms. The molecular formula is C21H19ClN3O3+. The lowest BCUT2D eigenvalue weighted by Gasteiger charge is -2.13. The summed E-state index contributed by atoms with van der Waals surface area (Å²) in [5, 5.41) is 0.385. The number of carbonyl (C=O) groups is 2. The number of hydrogen-bond donors (Lipinski definition) is 0. The number of carbonyl (C=O) groups excluding carboxylic acids is 2. The first kappa shape index (κ1) is 18.5. The number of halogens is 1. The van der Waals surface area contributed by atoms with Crippen molar-refractivity contribution < 1.29 is 18.9 Å². The summed E-state index contributed by atoms with van der Waals surface area (Å²) in [6.07, 6.45) is 1.63. The number of rotatable bonds is 5. The lowest BCUT2D eigenvalue weighted by molar-refractivity contribution is -0.705. The molecule has 0 atom stereocenters. The first-order chi connectivity index (χ1) is 13.5. The van der Waals surface area contributed by atoms with Crippen LogP contribution >= 0.6 is 11.6 Å². The Labute approximate surface area is 167 Å². The van der Waals surface area contributed by atoms with Crippen LogP contribution in [0.4, 0.5) is 0 Å². The van der Waals surface area contributed by atoms with Crippen LogP contribution in [0.3, 0.4) is 0 Å². The molecule has 142 valence electrons. The van der Waals surface area contributed by atoms with Gasteiger partial charge in [-0.15, -0.1) is 0 Å². The maximum absolute atomic E-state index is 13.3. The van der Waals surface area contributed by atoms with Crippen molar-refractivity contribution in [3.63, 3.8) is 0 Å². The first-order valence-corrected chi connectivity index (χ1v) is 9.31. The topological polar surface area (TPSA) is 65.1 Å². The van der Waals surface area contributed by atoms with E-state index in [0.717, 1.165) is 11.4 Å². The molecule has 0 saturated carbocycles. The molecule has 0 fully saturated rings. The summed E-state index contributed by atoms with van der Waals surface area (Å²) < 4.78 is 8.97. The van der Waals surface area contributed by atoms with Gasteiger partial charge in [0.25, 0.3) is 5.82 Å². The molecule has 28 heavy (non-hydrogen) atoms. The van der Waals surface area contributed by atoms with Crippen molar-refractivity contribution in [1.82, 2.24) is 9.55 Å². The Hall–Kier alpha value is -2.83. The van der Waals surface area contributed by atoms with Crippen LogP contribution in [0.2, 0.25) is 5.15 Å². The van der Waals surface area contributed by atoms with Gasteiger partial charge >= 0.3 is 0 Å². The fourth-order valence-electron chi connectivity index (χ4n) is 3.69. The quantitative estimate of drug-likeness (QED) is 0.384. The van der Waals surface area contributed by atoms with Crippen LogP contribution in [-0.4, -0.2) is 34.8 Å². The third kappa shape index (κ3) is 2.95. The number of methoxy groups -OCH3 is 1. The highest BCUT2D eigenvalue weighted by Crippen LogP contribution is 2.27. The molecule has 0 aliphatic heterocycles. The Balaban J connectivity index is 1.91. The number of nitrogens with zero attached hydrogens (tertiary/aromatic N) is 3. The van der Waals surface area contributed by atoms with Crippen molar-refractivity contribution in [2.24, 2.45) is 0 Å². The van der Waals surface area contributed by atoms with Gasteiger partial charge in [-0.1, -0.05) is 35.9 Å². The number of benzene rings is 1. The first-order valence-electron chi connectivity index (χ1n) is 8.93. The van der Waals surface area contributed by atoms with E-state index in [0.29, 0.717) is 47.4 Å². The van der Waals surface area contributed by atoms with Gasteiger partial charge in [-0.05, 0) is 17.7 Å². The number of aromatic nitrogens is 3. The zero-order chi connectivity index (χ0) is 19.8. The van der Waals surface area contributed by atoms with E-state index in [9.17, 15) is 9.59 Å². The molecule has 2 aromatic heterocycles. The monoisotopic (exact) mass is 396 g/mol. The van der Waals surface area contributed by atoms with E-state index < -0.39 is 0 Å². The summed E-state index contributed by atoms with van der Waals surface area (Å²) in [7, 11) is 1.61. The predicted octanol–water partition coefficient (Wildman–Crippen LogP) is 2.60. The molecule has 0 unspecified atom stereocenters. The molecule has 3 aromatic rings. The van der Waals surface area contributed by atoms with E-state index in [1.807, 2.05) is 22.1 Å². The van der Waals surface area contributed by atoms with Crippen LogP contribution in [0.15, 0.2) is 42.6 Å². The van der Waals surface area contributed by atoms with Crippen LogP contribution in [-0.2, 0) is 17.8 Å². The van der Waals surface area contributed by atoms with Crippen LogP contribution in [0, 0.1) is 6.92 Å². The molecule has 0 amide bonds. The van der Waals surface area contributed by atoms with Gasteiger partial charge in [-0.25, -0.2) is 14.1 Å². The van der Waals surface area contributed by atoms with E-state index in [1.165, 1.54) is 0 Å². The molecule has 4 rings (SSSR count). The Bertz CT molecular complexity index is 1100. The largest absolute Gasteiger partial charge is 0.381 e. The lowest BCUT2D eigenvalue weighted by Crippen LogP contribution is -2.44. The standard InChI is InChI=1S/C21H19ClN3O3/c1-13-24(9-10-28-2)18-19(25(13)12-14-7-8-23-17(22)11-14)21(27)16-6-4-3-5-15(16)20(18)26/h3-8,11H,9-10,12H2,1-2H3/q+1. The molecule has 0 radical (unpaired) electrons. The number of ether oxygens (including phenoxy) is 1. The smallest absolute Gasteiger partial charge is 0.254 e.